The van der Waals surface area contributed by atoms with E-state index in [0.717, 1.165) is 10.9 Å². The molecule has 0 bridgehead atoms. The fraction of sp³-hybridized carbons (Fsp3) is 0.100. The maximum Gasteiger partial charge on any atom is 0.279 e. The minimum absolute atomic E-state index is 0.420. The van der Waals surface area contributed by atoms with Gasteiger partial charge in [0.15, 0.2) is 5.69 Å². The van der Waals surface area contributed by atoms with Gasteiger partial charge in [-0.25, -0.2) is 0 Å². The second-order valence-corrected chi connectivity index (χ2v) is 4.07. The lowest BCUT2D eigenvalue weighted by molar-refractivity contribution is 0.425. The predicted octanol–water partition coefficient (Wildman–Crippen LogP) is 2.39. The lowest BCUT2D eigenvalue weighted by Gasteiger charge is -1.90. The molecule has 3 aromatic rings. The fourth-order valence-corrected chi connectivity index (χ4v) is 1.91. The fourth-order valence-electron chi connectivity index (χ4n) is 1.67. The van der Waals surface area contributed by atoms with E-state index in [1.165, 1.54) is 0 Å². The molecule has 0 aliphatic rings. The van der Waals surface area contributed by atoms with Crippen molar-refractivity contribution in [3.63, 3.8) is 0 Å². The topological polar surface area (TPSA) is 56.7 Å². The van der Waals surface area contributed by atoms with Gasteiger partial charge >= 0.3 is 0 Å². The first-order chi connectivity index (χ1) is 7.75. The van der Waals surface area contributed by atoms with Gasteiger partial charge in [0.2, 0.25) is 4.73 Å². The summed E-state index contributed by atoms with van der Waals surface area (Å²) in [6.45, 7) is 0. The van der Waals surface area contributed by atoms with E-state index >= 15 is 0 Å². The molecule has 0 aliphatic carbocycles. The van der Waals surface area contributed by atoms with E-state index in [9.17, 15) is 0 Å². The molecule has 2 heterocycles. The van der Waals surface area contributed by atoms with Gasteiger partial charge < -0.3 is 4.52 Å². The van der Waals surface area contributed by atoms with Crippen LogP contribution in [0.25, 0.3) is 22.5 Å². The molecule has 0 saturated carbocycles. The lowest BCUT2D eigenvalue weighted by atomic mass is 10.2. The van der Waals surface area contributed by atoms with E-state index in [-0.39, 0.29) is 0 Å². The van der Waals surface area contributed by atoms with Crippen LogP contribution >= 0.6 is 15.9 Å². The Kier molecular flexibility index (Phi) is 2.03. The molecule has 0 spiro atoms. The van der Waals surface area contributed by atoms with Crippen LogP contribution in [0.3, 0.4) is 0 Å². The highest BCUT2D eigenvalue weighted by Gasteiger charge is 2.15. The van der Waals surface area contributed by atoms with Crippen molar-refractivity contribution in [1.82, 2.24) is 19.9 Å². The van der Waals surface area contributed by atoms with E-state index in [4.69, 9.17) is 4.52 Å². The molecule has 0 N–H and O–H groups in total. The molecule has 6 heteroatoms. The van der Waals surface area contributed by atoms with Crippen molar-refractivity contribution in [2.24, 2.45) is 7.05 Å². The monoisotopic (exact) mass is 278 g/mol. The van der Waals surface area contributed by atoms with Crippen LogP contribution < -0.4 is 0 Å². The zero-order chi connectivity index (χ0) is 11.1. The van der Waals surface area contributed by atoms with Crippen molar-refractivity contribution in [1.29, 1.82) is 0 Å². The molecule has 0 saturated heterocycles. The number of benzene rings is 1. The number of aryl methyl sites for hydroxylation is 1. The normalized spacial score (nSPS) is 11.1. The second kappa shape index (κ2) is 3.41. The Morgan fingerprint density at radius 2 is 2.12 bits per heavy atom. The van der Waals surface area contributed by atoms with Gasteiger partial charge in [0, 0.05) is 12.4 Å². The molecular weight excluding hydrogens is 272 g/mol. The van der Waals surface area contributed by atoms with Crippen LogP contribution in [0.15, 0.2) is 33.5 Å². The summed E-state index contributed by atoms with van der Waals surface area (Å²) in [6, 6.07) is 7.91. The maximum atomic E-state index is 5.09. The van der Waals surface area contributed by atoms with Crippen molar-refractivity contribution < 1.29 is 4.52 Å². The van der Waals surface area contributed by atoms with E-state index in [2.05, 4.69) is 31.2 Å². The number of halogens is 1. The van der Waals surface area contributed by atoms with Crippen LogP contribution in [0.5, 0.6) is 0 Å². The summed E-state index contributed by atoms with van der Waals surface area (Å²) in [5.74, 6) is 0.420. The van der Waals surface area contributed by atoms with Gasteiger partial charge in [0.1, 0.15) is 0 Å². The SMILES string of the molecule is Cn1nc(-c2nc(Br)no2)c2ccccc21. The number of fused-ring (bicyclic) bond motifs is 1. The quantitative estimate of drug-likeness (QED) is 0.686. The summed E-state index contributed by atoms with van der Waals surface area (Å²) >= 11 is 3.15. The number of rotatable bonds is 1. The number of nitrogens with zero attached hydrogens (tertiary/aromatic N) is 4. The zero-order valence-electron chi connectivity index (χ0n) is 8.38. The predicted molar refractivity (Wildman–Crippen MR) is 61.7 cm³/mol. The zero-order valence-corrected chi connectivity index (χ0v) is 9.97. The maximum absolute atomic E-state index is 5.09. The first kappa shape index (κ1) is 9.53. The summed E-state index contributed by atoms with van der Waals surface area (Å²) in [5, 5.41) is 9.06. The van der Waals surface area contributed by atoms with Gasteiger partial charge in [-0.15, -0.1) is 0 Å². The molecular formula is C10H7BrN4O. The van der Waals surface area contributed by atoms with Crippen LogP contribution in [-0.2, 0) is 7.05 Å². The molecule has 2 aromatic heterocycles. The summed E-state index contributed by atoms with van der Waals surface area (Å²) < 4.78 is 7.31. The van der Waals surface area contributed by atoms with Gasteiger partial charge in [0.25, 0.3) is 5.89 Å². The van der Waals surface area contributed by atoms with Crippen molar-refractivity contribution >= 4 is 26.8 Å². The lowest BCUT2D eigenvalue weighted by Crippen LogP contribution is -1.89. The van der Waals surface area contributed by atoms with Gasteiger partial charge in [-0.2, -0.15) is 10.1 Å². The Bertz CT molecular complexity index is 658. The third-order valence-corrected chi connectivity index (χ3v) is 2.68. The Hall–Kier alpha value is -1.69. The summed E-state index contributed by atoms with van der Waals surface area (Å²) in [7, 11) is 1.89. The standard InChI is InChI=1S/C10H7BrN4O/c1-15-7-5-3-2-4-6(7)8(13-15)9-12-10(11)14-16-9/h2-5H,1H3. The molecule has 3 rings (SSSR count). The molecule has 80 valence electrons. The van der Waals surface area contributed by atoms with Crippen LogP contribution in [0.4, 0.5) is 0 Å². The average Bonchev–Trinajstić information content (AvgIpc) is 2.84. The van der Waals surface area contributed by atoms with E-state index in [0.29, 0.717) is 16.3 Å². The Morgan fingerprint density at radius 3 is 2.88 bits per heavy atom. The highest BCUT2D eigenvalue weighted by atomic mass is 79.9. The van der Waals surface area contributed by atoms with Crippen molar-refractivity contribution in [2.75, 3.05) is 0 Å². The highest BCUT2D eigenvalue weighted by Crippen LogP contribution is 2.26. The highest BCUT2D eigenvalue weighted by molar-refractivity contribution is 9.10. The van der Waals surface area contributed by atoms with Gasteiger partial charge in [-0.05, 0) is 27.2 Å². The minimum atomic E-state index is 0.420. The first-order valence-corrected chi connectivity index (χ1v) is 5.46. The molecule has 0 radical (unpaired) electrons. The number of hydrogen-bond acceptors (Lipinski definition) is 4. The van der Waals surface area contributed by atoms with Crippen LogP contribution in [0, 0.1) is 0 Å². The average molecular weight is 279 g/mol. The number of para-hydroxylation sites is 1. The second-order valence-electron chi connectivity index (χ2n) is 3.36. The van der Waals surface area contributed by atoms with Gasteiger partial charge in [0.05, 0.1) is 5.52 Å². The number of aromatic nitrogens is 4. The Labute approximate surface area is 99.2 Å². The van der Waals surface area contributed by atoms with E-state index < -0.39 is 0 Å². The summed E-state index contributed by atoms with van der Waals surface area (Å²) in [6.07, 6.45) is 0. The molecule has 0 fully saturated rings. The molecule has 16 heavy (non-hydrogen) atoms. The van der Waals surface area contributed by atoms with E-state index in [1.807, 2.05) is 31.3 Å². The molecule has 0 atom stereocenters. The van der Waals surface area contributed by atoms with Crippen LogP contribution in [0.2, 0.25) is 0 Å². The van der Waals surface area contributed by atoms with Crippen molar-refractivity contribution in [3.05, 3.63) is 29.0 Å². The van der Waals surface area contributed by atoms with Crippen LogP contribution in [0.1, 0.15) is 0 Å². The third kappa shape index (κ3) is 1.34. The first-order valence-electron chi connectivity index (χ1n) is 4.67. The van der Waals surface area contributed by atoms with Crippen molar-refractivity contribution in [2.45, 2.75) is 0 Å². The number of hydrogen-bond donors (Lipinski definition) is 0. The molecule has 1 aromatic carbocycles. The third-order valence-electron chi connectivity index (χ3n) is 2.36. The largest absolute Gasteiger partial charge is 0.331 e. The summed E-state index contributed by atoms with van der Waals surface area (Å²) in [4.78, 5) is 4.11. The molecule has 0 aliphatic heterocycles. The minimum Gasteiger partial charge on any atom is -0.331 e. The molecule has 0 amide bonds. The summed E-state index contributed by atoms with van der Waals surface area (Å²) in [5.41, 5.74) is 1.74. The Morgan fingerprint density at radius 1 is 1.31 bits per heavy atom. The van der Waals surface area contributed by atoms with Gasteiger partial charge in [-0.1, -0.05) is 18.2 Å². The molecule has 5 nitrogen and oxygen atoms in total. The van der Waals surface area contributed by atoms with Crippen LogP contribution in [-0.4, -0.2) is 19.9 Å². The van der Waals surface area contributed by atoms with Gasteiger partial charge in [-0.3, -0.25) is 4.68 Å². The Balaban J connectivity index is 2.32. The van der Waals surface area contributed by atoms with E-state index in [1.54, 1.807) is 4.68 Å². The molecule has 0 unspecified atom stereocenters. The van der Waals surface area contributed by atoms with Crippen molar-refractivity contribution in [3.8, 4) is 11.6 Å². The smallest absolute Gasteiger partial charge is 0.279 e.